The summed E-state index contributed by atoms with van der Waals surface area (Å²) in [5.41, 5.74) is 0. The van der Waals surface area contributed by atoms with Gasteiger partial charge in [0.1, 0.15) is 0 Å². The topological polar surface area (TPSA) is 49.3 Å². The highest BCUT2D eigenvalue weighted by Gasteiger charge is 1.95. The maximum atomic E-state index is 10.2. The number of carboxylic acid groups (broad SMARTS) is 1. The molecule has 0 aromatic carbocycles. The van der Waals surface area contributed by atoms with Gasteiger partial charge in [-0.1, -0.05) is 6.42 Å². The van der Waals surface area contributed by atoms with Gasteiger partial charge in [-0.05, 0) is 44.4 Å². The number of nitrogens with one attached hydrogen (secondary N) is 1. The molecule has 0 saturated carbocycles. The molecule has 14 heavy (non-hydrogen) atoms. The fourth-order valence-electron chi connectivity index (χ4n) is 1.16. The predicted molar refractivity (Wildman–Crippen MR) is 62.0 cm³/mol. The largest absolute Gasteiger partial charge is 0.481 e. The molecular formula is C10H21NO2S. The molecule has 0 atom stereocenters. The molecule has 0 fully saturated rings. The molecule has 0 spiro atoms. The van der Waals surface area contributed by atoms with Crippen molar-refractivity contribution in [2.24, 2.45) is 0 Å². The summed E-state index contributed by atoms with van der Waals surface area (Å²) in [6.45, 7) is 1.85. The van der Waals surface area contributed by atoms with Crippen molar-refractivity contribution in [2.45, 2.75) is 32.1 Å². The summed E-state index contributed by atoms with van der Waals surface area (Å²) < 4.78 is 0. The molecule has 3 nitrogen and oxygen atoms in total. The lowest BCUT2D eigenvalue weighted by atomic mass is 10.2. The number of carbonyl (C=O) groups is 1. The average Bonchev–Trinajstić information content (AvgIpc) is 2.15. The van der Waals surface area contributed by atoms with E-state index in [9.17, 15) is 4.79 Å². The third kappa shape index (κ3) is 11.8. The maximum Gasteiger partial charge on any atom is 0.303 e. The minimum Gasteiger partial charge on any atom is -0.481 e. The summed E-state index contributed by atoms with van der Waals surface area (Å²) in [5, 5.41) is 11.6. The fourth-order valence-corrected chi connectivity index (χ4v) is 1.66. The zero-order valence-corrected chi connectivity index (χ0v) is 9.74. The summed E-state index contributed by atoms with van der Waals surface area (Å²) in [6.07, 6.45) is 6.90. The third-order valence-electron chi connectivity index (χ3n) is 1.95. The van der Waals surface area contributed by atoms with Gasteiger partial charge in [-0.15, -0.1) is 0 Å². The molecule has 0 radical (unpaired) electrons. The quantitative estimate of drug-likeness (QED) is 0.552. The van der Waals surface area contributed by atoms with Crippen LogP contribution in [0.5, 0.6) is 0 Å². The van der Waals surface area contributed by atoms with Crippen LogP contribution in [-0.2, 0) is 4.79 Å². The molecule has 0 aliphatic rings. The van der Waals surface area contributed by atoms with Crippen LogP contribution in [0.15, 0.2) is 0 Å². The van der Waals surface area contributed by atoms with E-state index in [1.54, 1.807) is 0 Å². The van der Waals surface area contributed by atoms with Gasteiger partial charge in [0.25, 0.3) is 0 Å². The minimum atomic E-state index is -0.702. The highest BCUT2D eigenvalue weighted by molar-refractivity contribution is 7.98. The fraction of sp³-hybridized carbons (Fsp3) is 0.900. The monoisotopic (exact) mass is 219 g/mol. The molecule has 0 heterocycles. The van der Waals surface area contributed by atoms with Crippen LogP contribution < -0.4 is 5.32 Å². The average molecular weight is 219 g/mol. The first-order valence-electron chi connectivity index (χ1n) is 5.19. The second-order valence-electron chi connectivity index (χ2n) is 3.30. The summed E-state index contributed by atoms with van der Waals surface area (Å²) in [4.78, 5) is 10.2. The van der Waals surface area contributed by atoms with Gasteiger partial charge >= 0.3 is 5.97 Å². The predicted octanol–water partition coefficient (Wildman–Crippen LogP) is 1.97. The summed E-state index contributed by atoms with van der Waals surface area (Å²) in [6, 6.07) is 0. The van der Waals surface area contributed by atoms with Crippen molar-refractivity contribution in [3.05, 3.63) is 0 Å². The van der Waals surface area contributed by atoms with Crippen molar-refractivity contribution >= 4 is 17.7 Å². The van der Waals surface area contributed by atoms with Gasteiger partial charge in [-0.2, -0.15) is 11.8 Å². The first kappa shape index (κ1) is 13.8. The van der Waals surface area contributed by atoms with Crippen LogP contribution in [0.25, 0.3) is 0 Å². The summed E-state index contributed by atoms with van der Waals surface area (Å²) in [7, 11) is 0. The standard InChI is InChI=1S/C10H21NO2S/c1-14-9-4-2-3-7-11-8-5-6-10(12)13/h11H,2-9H2,1H3,(H,12,13). The summed E-state index contributed by atoms with van der Waals surface area (Å²) >= 11 is 1.89. The Kier molecular flexibility index (Phi) is 10.7. The molecule has 0 aliphatic carbocycles. The maximum absolute atomic E-state index is 10.2. The van der Waals surface area contributed by atoms with Crippen molar-refractivity contribution in [1.82, 2.24) is 5.32 Å². The molecule has 84 valence electrons. The molecule has 0 rings (SSSR count). The number of thioether (sulfide) groups is 1. The van der Waals surface area contributed by atoms with Crippen molar-refractivity contribution in [3.8, 4) is 0 Å². The van der Waals surface area contributed by atoms with Gasteiger partial charge in [-0.25, -0.2) is 0 Å². The van der Waals surface area contributed by atoms with E-state index in [-0.39, 0.29) is 6.42 Å². The number of hydrogen-bond acceptors (Lipinski definition) is 3. The number of aliphatic carboxylic acids is 1. The van der Waals surface area contributed by atoms with E-state index in [4.69, 9.17) is 5.11 Å². The van der Waals surface area contributed by atoms with E-state index in [0.29, 0.717) is 0 Å². The first-order chi connectivity index (χ1) is 6.77. The van der Waals surface area contributed by atoms with Crippen LogP contribution >= 0.6 is 11.8 Å². The Morgan fingerprint density at radius 2 is 1.93 bits per heavy atom. The lowest BCUT2D eigenvalue weighted by Crippen LogP contribution is -2.17. The van der Waals surface area contributed by atoms with Crippen molar-refractivity contribution in [3.63, 3.8) is 0 Å². The van der Waals surface area contributed by atoms with Gasteiger partial charge in [0.15, 0.2) is 0 Å². The van der Waals surface area contributed by atoms with E-state index >= 15 is 0 Å². The number of carboxylic acids is 1. The zero-order valence-electron chi connectivity index (χ0n) is 8.92. The van der Waals surface area contributed by atoms with Gasteiger partial charge < -0.3 is 10.4 Å². The van der Waals surface area contributed by atoms with E-state index in [1.807, 2.05) is 11.8 Å². The Bertz CT molecular complexity index is 142. The van der Waals surface area contributed by atoms with E-state index in [0.717, 1.165) is 19.5 Å². The second kappa shape index (κ2) is 10.9. The van der Waals surface area contributed by atoms with Crippen LogP contribution in [0.2, 0.25) is 0 Å². The van der Waals surface area contributed by atoms with Crippen LogP contribution in [0.4, 0.5) is 0 Å². The molecule has 0 bridgehead atoms. The molecule has 2 N–H and O–H groups in total. The van der Waals surface area contributed by atoms with Crippen molar-refractivity contribution < 1.29 is 9.90 Å². The molecule has 0 amide bonds. The third-order valence-corrected chi connectivity index (χ3v) is 2.64. The minimum absolute atomic E-state index is 0.277. The number of rotatable bonds is 10. The van der Waals surface area contributed by atoms with Crippen LogP contribution in [0, 0.1) is 0 Å². The van der Waals surface area contributed by atoms with Crippen LogP contribution in [-0.4, -0.2) is 36.2 Å². The Morgan fingerprint density at radius 3 is 2.57 bits per heavy atom. The normalized spacial score (nSPS) is 10.4. The van der Waals surface area contributed by atoms with Gasteiger partial charge in [0.2, 0.25) is 0 Å². The highest BCUT2D eigenvalue weighted by atomic mass is 32.2. The molecule has 0 aromatic rings. The molecule has 0 aliphatic heterocycles. The lowest BCUT2D eigenvalue weighted by Gasteiger charge is -2.02. The second-order valence-corrected chi connectivity index (χ2v) is 4.29. The molecule has 0 unspecified atom stereocenters. The summed E-state index contributed by atoms with van der Waals surface area (Å²) in [5.74, 6) is 0.547. The van der Waals surface area contributed by atoms with Gasteiger partial charge in [0, 0.05) is 6.42 Å². The van der Waals surface area contributed by atoms with Crippen molar-refractivity contribution in [2.75, 3.05) is 25.1 Å². The Hall–Kier alpha value is -0.220. The van der Waals surface area contributed by atoms with Crippen LogP contribution in [0.3, 0.4) is 0 Å². The van der Waals surface area contributed by atoms with Crippen LogP contribution in [0.1, 0.15) is 32.1 Å². The zero-order chi connectivity index (χ0) is 10.6. The van der Waals surface area contributed by atoms with Gasteiger partial charge in [-0.3, -0.25) is 4.79 Å². The van der Waals surface area contributed by atoms with E-state index < -0.39 is 5.97 Å². The smallest absolute Gasteiger partial charge is 0.303 e. The molecule has 0 saturated heterocycles. The van der Waals surface area contributed by atoms with Crippen molar-refractivity contribution in [1.29, 1.82) is 0 Å². The number of unbranched alkanes of at least 4 members (excludes halogenated alkanes) is 2. The highest BCUT2D eigenvalue weighted by Crippen LogP contribution is 2.01. The van der Waals surface area contributed by atoms with E-state index in [2.05, 4.69) is 11.6 Å². The molecular weight excluding hydrogens is 198 g/mol. The van der Waals surface area contributed by atoms with Gasteiger partial charge in [0.05, 0.1) is 0 Å². The number of hydrogen-bond donors (Lipinski definition) is 2. The van der Waals surface area contributed by atoms with E-state index in [1.165, 1.54) is 25.0 Å². The molecule has 0 aromatic heterocycles. The first-order valence-corrected chi connectivity index (χ1v) is 6.58. The SMILES string of the molecule is CSCCCCCNCCCC(=O)O. The lowest BCUT2D eigenvalue weighted by molar-refractivity contribution is -0.137. The Morgan fingerprint density at radius 1 is 1.21 bits per heavy atom. The Balaban J connectivity index is 2.88. The Labute approximate surface area is 90.7 Å². The molecule has 4 heteroatoms.